The molecule has 1 aromatic carbocycles. The van der Waals surface area contributed by atoms with Crippen LogP contribution in [0.5, 0.6) is 0 Å². The Morgan fingerprint density at radius 2 is 1.71 bits per heavy atom. The average Bonchev–Trinajstić information content (AvgIpc) is 3.38. The molecule has 2 aliphatic rings. The highest BCUT2D eigenvalue weighted by Crippen LogP contribution is 2.38. The van der Waals surface area contributed by atoms with Crippen LogP contribution in [-0.4, -0.2) is 34.7 Å². The van der Waals surface area contributed by atoms with Crippen molar-refractivity contribution in [1.82, 2.24) is 9.78 Å². The zero-order chi connectivity index (χ0) is 16.7. The molecule has 0 unspecified atom stereocenters. The van der Waals surface area contributed by atoms with Gasteiger partial charge >= 0.3 is 0 Å². The molecule has 1 fully saturated rings. The number of aromatic nitrogens is 2. The van der Waals surface area contributed by atoms with Crippen LogP contribution in [0.3, 0.4) is 0 Å². The van der Waals surface area contributed by atoms with Gasteiger partial charge in [-0.15, -0.1) is 0 Å². The van der Waals surface area contributed by atoms with Crippen molar-refractivity contribution in [3.05, 3.63) is 42.2 Å². The average molecular weight is 324 g/mol. The van der Waals surface area contributed by atoms with Crippen molar-refractivity contribution in [2.24, 2.45) is 13.0 Å². The van der Waals surface area contributed by atoms with Crippen LogP contribution < -0.4 is 9.80 Å². The monoisotopic (exact) mass is 324 g/mol. The largest absolute Gasteiger partial charge is 0.310 e. The molecule has 1 aliphatic heterocycles. The Morgan fingerprint density at radius 1 is 1.04 bits per heavy atom. The van der Waals surface area contributed by atoms with Crippen LogP contribution in [0.4, 0.5) is 11.4 Å². The third-order valence-corrected chi connectivity index (χ3v) is 4.70. The smallest absolute Gasteiger partial charge is 0.276 e. The molecule has 4 rings (SSSR count). The van der Waals surface area contributed by atoms with E-state index in [-0.39, 0.29) is 17.7 Å². The van der Waals surface area contributed by atoms with Crippen molar-refractivity contribution in [2.45, 2.75) is 19.3 Å². The topological polar surface area (TPSA) is 58.4 Å². The third-order valence-electron chi connectivity index (χ3n) is 4.70. The maximum absolute atomic E-state index is 13.0. The van der Waals surface area contributed by atoms with Crippen molar-refractivity contribution in [1.29, 1.82) is 0 Å². The Balaban J connectivity index is 1.73. The van der Waals surface area contributed by atoms with E-state index in [1.165, 1.54) is 0 Å². The minimum atomic E-state index is -0.0804. The van der Waals surface area contributed by atoms with E-state index in [9.17, 15) is 9.59 Å². The molecule has 0 N–H and O–H groups in total. The van der Waals surface area contributed by atoms with Crippen molar-refractivity contribution in [3.63, 3.8) is 0 Å². The van der Waals surface area contributed by atoms with E-state index in [0.717, 1.165) is 30.6 Å². The first kappa shape index (κ1) is 14.9. The number of amides is 2. The van der Waals surface area contributed by atoms with E-state index in [1.54, 1.807) is 28.9 Å². The molecular formula is C18H20N4O2. The zero-order valence-electron chi connectivity index (χ0n) is 13.7. The molecule has 2 amide bonds. The van der Waals surface area contributed by atoms with Gasteiger partial charge in [-0.05, 0) is 37.5 Å². The number of anilines is 2. The van der Waals surface area contributed by atoms with E-state index >= 15 is 0 Å². The Kier molecular flexibility index (Phi) is 3.59. The molecule has 0 atom stereocenters. The van der Waals surface area contributed by atoms with Gasteiger partial charge in [-0.1, -0.05) is 12.1 Å². The Morgan fingerprint density at radius 3 is 2.33 bits per heavy atom. The lowest BCUT2D eigenvalue weighted by Gasteiger charge is -2.25. The Hall–Kier alpha value is -2.63. The summed E-state index contributed by atoms with van der Waals surface area (Å²) < 4.78 is 1.59. The maximum Gasteiger partial charge on any atom is 0.276 e. The normalized spacial score (nSPS) is 17.4. The molecule has 0 saturated heterocycles. The number of carbonyl (C=O) groups excluding carboxylic acids is 2. The summed E-state index contributed by atoms with van der Waals surface area (Å²) in [5, 5.41) is 4.09. The predicted octanol–water partition coefficient (Wildman–Crippen LogP) is 2.21. The lowest BCUT2D eigenvalue weighted by Crippen LogP contribution is -2.33. The minimum absolute atomic E-state index is 0.0804. The van der Waals surface area contributed by atoms with Crippen molar-refractivity contribution in [2.75, 3.05) is 22.9 Å². The zero-order valence-corrected chi connectivity index (χ0v) is 13.7. The lowest BCUT2D eigenvalue weighted by molar-refractivity contribution is -0.119. The third kappa shape index (κ3) is 2.48. The molecule has 6 heteroatoms. The van der Waals surface area contributed by atoms with Gasteiger partial charge in [0.2, 0.25) is 5.91 Å². The summed E-state index contributed by atoms with van der Waals surface area (Å²) in [6.45, 7) is 1.25. The Labute approximate surface area is 140 Å². The summed E-state index contributed by atoms with van der Waals surface area (Å²) in [4.78, 5) is 29.3. The molecule has 24 heavy (non-hydrogen) atoms. The van der Waals surface area contributed by atoms with Gasteiger partial charge in [0, 0.05) is 32.3 Å². The van der Waals surface area contributed by atoms with Crippen LogP contribution in [-0.2, 0) is 11.8 Å². The molecule has 2 aromatic rings. The SMILES string of the molecule is Cn1nccc1C(=O)N1CCCN(C(=O)C2CC2)c2ccccc21. The van der Waals surface area contributed by atoms with Crippen molar-refractivity contribution in [3.8, 4) is 0 Å². The number of benzene rings is 1. The van der Waals surface area contributed by atoms with Gasteiger partial charge in [-0.2, -0.15) is 5.10 Å². The van der Waals surface area contributed by atoms with Gasteiger partial charge in [0.15, 0.2) is 0 Å². The van der Waals surface area contributed by atoms with Crippen LogP contribution >= 0.6 is 0 Å². The van der Waals surface area contributed by atoms with Gasteiger partial charge in [0.05, 0.1) is 11.4 Å². The van der Waals surface area contributed by atoms with Crippen LogP contribution in [0, 0.1) is 5.92 Å². The molecule has 2 heterocycles. The maximum atomic E-state index is 13.0. The summed E-state index contributed by atoms with van der Waals surface area (Å²) in [6.07, 6.45) is 4.35. The molecule has 1 aliphatic carbocycles. The van der Waals surface area contributed by atoms with Crippen LogP contribution in [0.2, 0.25) is 0 Å². The van der Waals surface area contributed by atoms with E-state index < -0.39 is 0 Å². The fourth-order valence-corrected chi connectivity index (χ4v) is 3.26. The lowest BCUT2D eigenvalue weighted by atomic mass is 10.2. The van der Waals surface area contributed by atoms with Crippen LogP contribution in [0.25, 0.3) is 0 Å². The summed E-state index contributed by atoms with van der Waals surface area (Å²) in [5.74, 6) is 0.276. The Bertz CT molecular complexity index is 794. The number of hydrogen-bond acceptors (Lipinski definition) is 3. The van der Waals surface area contributed by atoms with E-state index in [0.29, 0.717) is 18.8 Å². The first-order valence-electron chi connectivity index (χ1n) is 8.37. The standard InChI is InChI=1S/C18H20N4O2/c1-20-16(9-10-19-20)18(24)22-12-4-11-21(17(23)13-7-8-13)14-5-2-3-6-15(14)22/h2-3,5-6,9-10,13H,4,7-8,11-12H2,1H3. The number of aryl methyl sites for hydroxylation is 1. The quantitative estimate of drug-likeness (QED) is 0.851. The molecule has 6 nitrogen and oxygen atoms in total. The number of rotatable bonds is 2. The highest BCUT2D eigenvalue weighted by atomic mass is 16.2. The van der Waals surface area contributed by atoms with Gasteiger partial charge in [0.1, 0.15) is 5.69 Å². The van der Waals surface area contributed by atoms with Crippen LogP contribution in [0.15, 0.2) is 36.5 Å². The molecule has 0 bridgehead atoms. The molecule has 0 spiro atoms. The van der Waals surface area contributed by atoms with Gasteiger partial charge in [-0.3, -0.25) is 14.3 Å². The summed E-state index contributed by atoms with van der Waals surface area (Å²) >= 11 is 0. The summed E-state index contributed by atoms with van der Waals surface area (Å²) in [6, 6.07) is 9.41. The molecule has 1 saturated carbocycles. The number of para-hydroxylation sites is 2. The van der Waals surface area contributed by atoms with Crippen LogP contribution in [0.1, 0.15) is 29.8 Å². The second-order valence-electron chi connectivity index (χ2n) is 6.40. The summed E-state index contributed by atoms with van der Waals surface area (Å²) in [5.41, 5.74) is 2.18. The first-order valence-corrected chi connectivity index (χ1v) is 8.37. The molecule has 0 radical (unpaired) electrons. The second kappa shape index (κ2) is 5.78. The first-order chi connectivity index (χ1) is 11.7. The number of hydrogen-bond donors (Lipinski definition) is 0. The van der Waals surface area contributed by atoms with Crippen molar-refractivity contribution < 1.29 is 9.59 Å². The predicted molar refractivity (Wildman–Crippen MR) is 91.0 cm³/mol. The highest BCUT2D eigenvalue weighted by molar-refractivity contribution is 6.09. The number of nitrogens with zero attached hydrogens (tertiary/aromatic N) is 4. The van der Waals surface area contributed by atoms with E-state index in [4.69, 9.17) is 0 Å². The fourth-order valence-electron chi connectivity index (χ4n) is 3.26. The van der Waals surface area contributed by atoms with Crippen molar-refractivity contribution >= 4 is 23.2 Å². The molecule has 1 aromatic heterocycles. The minimum Gasteiger partial charge on any atom is -0.310 e. The highest BCUT2D eigenvalue weighted by Gasteiger charge is 2.36. The molecule has 124 valence electrons. The van der Waals surface area contributed by atoms with Gasteiger partial charge in [-0.25, -0.2) is 0 Å². The molecular weight excluding hydrogens is 304 g/mol. The van der Waals surface area contributed by atoms with E-state index in [1.807, 2.05) is 29.2 Å². The summed E-state index contributed by atoms with van der Waals surface area (Å²) in [7, 11) is 1.76. The van der Waals surface area contributed by atoms with Gasteiger partial charge < -0.3 is 9.80 Å². The van der Waals surface area contributed by atoms with Gasteiger partial charge in [0.25, 0.3) is 5.91 Å². The second-order valence-corrected chi connectivity index (χ2v) is 6.40. The number of fused-ring (bicyclic) bond motifs is 1. The fraction of sp³-hybridized carbons (Fsp3) is 0.389. The van der Waals surface area contributed by atoms with E-state index in [2.05, 4.69) is 5.10 Å². The number of carbonyl (C=O) groups is 2.